The molecule has 6 heteroatoms. The van der Waals surface area contributed by atoms with Gasteiger partial charge in [0, 0.05) is 18.0 Å². The van der Waals surface area contributed by atoms with Gasteiger partial charge in [-0.25, -0.2) is 0 Å². The van der Waals surface area contributed by atoms with Gasteiger partial charge >= 0.3 is 0 Å². The summed E-state index contributed by atoms with van der Waals surface area (Å²) in [6, 6.07) is 3.82. The minimum Gasteiger partial charge on any atom is -0.467 e. The lowest BCUT2D eigenvalue weighted by Gasteiger charge is -2.26. The fourth-order valence-electron chi connectivity index (χ4n) is 2.20. The summed E-state index contributed by atoms with van der Waals surface area (Å²) in [4.78, 5) is 15.5. The Bertz CT molecular complexity index is 579. The fraction of sp³-hybridized carbons (Fsp3) is 0.308. The number of halogens is 1. The number of fused-ring (bicyclic) bond motifs is 1. The van der Waals surface area contributed by atoms with E-state index in [2.05, 4.69) is 11.4 Å². The SMILES string of the molecule is Cl.NCc1cc(C(=O)N2CCc3sccc3C2)co1. The van der Waals surface area contributed by atoms with Crippen molar-refractivity contribution in [3.05, 3.63) is 45.5 Å². The van der Waals surface area contributed by atoms with Crippen LogP contribution in [-0.2, 0) is 19.5 Å². The van der Waals surface area contributed by atoms with Crippen LogP contribution in [0.15, 0.2) is 28.2 Å². The summed E-state index contributed by atoms with van der Waals surface area (Å²) in [6.07, 6.45) is 2.44. The van der Waals surface area contributed by atoms with Gasteiger partial charge in [0.2, 0.25) is 0 Å². The quantitative estimate of drug-likeness (QED) is 0.926. The van der Waals surface area contributed by atoms with Gasteiger partial charge in [-0.15, -0.1) is 23.7 Å². The lowest BCUT2D eigenvalue weighted by Crippen LogP contribution is -2.35. The van der Waals surface area contributed by atoms with E-state index in [-0.39, 0.29) is 18.3 Å². The van der Waals surface area contributed by atoms with E-state index in [1.54, 1.807) is 17.4 Å². The Labute approximate surface area is 121 Å². The average molecular weight is 299 g/mol. The standard InChI is InChI=1S/C13H14N2O2S.ClH/c14-6-11-5-10(8-17-11)13(16)15-3-1-12-9(7-15)2-4-18-12;/h2,4-5,8H,1,3,6-7,14H2;1H. The predicted octanol–water partition coefficient (Wildman–Crippen LogP) is 2.42. The van der Waals surface area contributed by atoms with Crippen molar-refractivity contribution in [2.24, 2.45) is 5.73 Å². The van der Waals surface area contributed by atoms with Crippen molar-refractivity contribution in [3.63, 3.8) is 0 Å². The molecule has 0 saturated heterocycles. The number of nitrogens with zero attached hydrogens (tertiary/aromatic N) is 1. The molecule has 0 radical (unpaired) electrons. The molecule has 0 saturated carbocycles. The number of hydrogen-bond donors (Lipinski definition) is 1. The van der Waals surface area contributed by atoms with Crippen LogP contribution in [0.4, 0.5) is 0 Å². The molecule has 0 unspecified atom stereocenters. The maximum atomic E-state index is 12.3. The van der Waals surface area contributed by atoms with Crippen molar-refractivity contribution in [2.45, 2.75) is 19.5 Å². The van der Waals surface area contributed by atoms with Crippen LogP contribution in [0.25, 0.3) is 0 Å². The van der Waals surface area contributed by atoms with Crippen LogP contribution in [-0.4, -0.2) is 17.4 Å². The molecule has 0 bridgehead atoms. The van der Waals surface area contributed by atoms with E-state index in [1.165, 1.54) is 16.7 Å². The Morgan fingerprint density at radius 1 is 1.53 bits per heavy atom. The summed E-state index contributed by atoms with van der Waals surface area (Å²) in [7, 11) is 0. The van der Waals surface area contributed by atoms with E-state index in [1.807, 2.05) is 4.90 Å². The maximum absolute atomic E-state index is 12.3. The van der Waals surface area contributed by atoms with Crippen molar-refractivity contribution in [1.82, 2.24) is 4.90 Å². The second-order valence-electron chi connectivity index (χ2n) is 4.35. The van der Waals surface area contributed by atoms with Crippen LogP contribution >= 0.6 is 23.7 Å². The highest BCUT2D eigenvalue weighted by atomic mass is 35.5. The molecule has 0 fully saturated rings. The number of rotatable bonds is 2. The zero-order chi connectivity index (χ0) is 12.5. The number of nitrogens with two attached hydrogens (primary N) is 1. The maximum Gasteiger partial charge on any atom is 0.257 e. The largest absolute Gasteiger partial charge is 0.467 e. The Morgan fingerprint density at radius 3 is 3.11 bits per heavy atom. The summed E-state index contributed by atoms with van der Waals surface area (Å²) in [6.45, 7) is 1.79. The van der Waals surface area contributed by atoms with Crippen molar-refractivity contribution >= 4 is 29.7 Å². The topological polar surface area (TPSA) is 59.5 Å². The third kappa shape index (κ3) is 2.68. The van der Waals surface area contributed by atoms with E-state index in [0.29, 0.717) is 24.4 Å². The lowest BCUT2D eigenvalue weighted by atomic mass is 10.1. The highest BCUT2D eigenvalue weighted by Gasteiger charge is 2.23. The molecule has 2 N–H and O–H groups in total. The molecule has 4 nitrogen and oxygen atoms in total. The fourth-order valence-corrected chi connectivity index (χ4v) is 3.09. The van der Waals surface area contributed by atoms with Gasteiger partial charge in [-0.1, -0.05) is 0 Å². The molecule has 0 spiro atoms. The Morgan fingerprint density at radius 2 is 2.37 bits per heavy atom. The van der Waals surface area contributed by atoms with Crippen molar-refractivity contribution in [2.75, 3.05) is 6.54 Å². The lowest BCUT2D eigenvalue weighted by molar-refractivity contribution is 0.0735. The molecule has 2 aromatic heterocycles. The summed E-state index contributed by atoms with van der Waals surface area (Å²) < 4.78 is 5.21. The van der Waals surface area contributed by atoms with E-state index < -0.39 is 0 Å². The molecule has 1 aliphatic rings. The highest BCUT2D eigenvalue weighted by Crippen LogP contribution is 2.25. The van der Waals surface area contributed by atoms with Crippen LogP contribution in [0.2, 0.25) is 0 Å². The Hall–Kier alpha value is -1.30. The van der Waals surface area contributed by atoms with Gasteiger partial charge in [0.05, 0.1) is 12.1 Å². The molecule has 102 valence electrons. The zero-order valence-electron chi connectivity index (χ0n) is 10.3. The van der Waals surface area contributed by atoms with Gasteiger partial charge in [-0.2, -0.15) is 0 Å². The zero-order valence-corrected chi connectivity index (χ0v) is 11.9. The third-order valence-corrected chi connectivity index (χ3v) is 4.22. The van der Waals surface area contributed by atoms with E-state index >= 15 is 0 Å². The molecular formula is C13H15ClN2O2S. The monoisotopic (exact) mass is 298 g/mol. The van der Waals surface area contributed by atoms with Gasteiger partial charge in [0.25, 0.3) is 5.91 Å². The van der Waals surface area contributed by atoms with Gasteiger partial charge in [-0.05, 0) is 29.5 Å². The molecule has 1 aliphatic heterocycles. The number of carbonyl (C=O) groups excluding carboxylic acids is 1. The summed E-state index contributed by atoms with van der Waals surface area (Å²) in [5.41, 5.74) is 7.33. The second-order valence-corrected chi connectivity index (χ2v) is 5.35. The normalized spacial score (nSPS) is 13.8. The molecule has 2 aromatic rings. The molecular weight excluding hydrogens is 284 g/mol. The number of carbonyl (C=O) groups is 1. The van der Waals surface area contributed by atoms with Gasteiger partial charge in [0.15, 0.2) is 0 Å². The van der Waals surface area contributed by atoms with Crippen LogP contribution in [0, 0.1) is 0 Å². The van der Waals surface area contributed by atoms with Crippen LogP contribution < -0.4 is 5.73 Å². The van der Waals surface area contributed by atoms with Crippen molar-refractivity contribution in [3.8, 4) is 0 Å². The molecule has 1 amide bonds. The molecule has 0 atom stereocenters. The van der Waals surface area contributed by atoms with Gasteiger partial charge in [0.1, 0.15) is 12.0 Å². The number of hydrogen-bond acceptors (Lipinski definition) is 4. The van der Waals surface area contributed by atoms with Crippen molar-refractivity contribution < 1.29 is 9.21 Å². The second kappa shape index (κ2) is 5.77. The molecule has 3 rings (SSSR count). The molecule has 19 heavy (non-hydrogen) atoms. The predicted molar refractivity (Wildman–Crippen MR) is 76.6 cm³/mol. The van der Waals surface area contributed by atoms with Crippen LogP contribution in [0.3, 0.4) is 0 Å². The summed E-state index contributed by atoms with van der Waals surface area (Å²) in [5, 5.41) is 2.09. The Balaban J connectivity index is 0.00000133. The third-order valence-electron chi connectivity index (χ3n) is 3.20. The Kier molecular flexibility index (Phi) is 4.29. The van der Waals surface area contributed by atoms with E-state index in [4.69, 9.17) is 10.2 Å². The average Bonchev–Trinajstić information content (AvgIpc) is 3.05. The van der Waals surface area contributed by atoms with Gasteiger partial charge in [-0.3, -0.25) is 4.79 Å². The first kappa shape index (κ1) is 14.1. The number of thiophene rings is 1. The summed E-state index contributed by atoms with van der Waals surface area (Å²) in [5.74, 6) is 0.668. The summed E-state index contributed by atoms with van der Waals surface area (Å²) >= 11 is 1.77. The minimum absolute atomic E-state index is 0. The number of amides is 1. The first-order valence-electron chi connectivity index (χ1n) is 5.90. The first-order valence-corrected chi connectivity index (χ1v) is 6.78. The number of furan rings is 1. The van der Waals surface area contributed by atoms with E-state index in [0.717, 1.165) is 13.0 Å². The minimum atomic E-state index is 0. The highest BCUT2D eigenvalue weighted by molar-refractivity contribution is 7.10. The van der Waals surface area contributed by atoms with Crippen LogP contribution in [0.5, 0.6) is 0 Å². The first-order chi connectivity index (χ1) is 8.78. The van der Waals surface area contributed by atoms with E-state index in [9.17, 15) is 4.79 Å². The molecule has 0 aromatic carbocycles. The van der Waals surface area contributed by atoms with Gasteiger partial charge < -0.3 is 15.1 Å². The van der Waals surface area contributed by atoms with Crippen molar-refractivity contribution in [1.29, 1.82) is 0 Å². The smallest absolute Gasteiger partial charge is 0.257 e. The molecule has 3 heterocycles. The molecule has 0 aliphatic carbocycles. The van der Waals surface area contributed by atoms with Crippen LogP contribution in [0.1, 0.15) is 26.6 Å².